The smallest absolute Gasteiger partial charge is 0.141 e. The molecule has 82 valence electrons. The van der Waals surface area contributed by atoms with Crippen LogP contribution >= 0.6 is 11.6 Å². The van der Waals surface area contributed by atoms with Crippen molar-refractivity contribution in [3.05, 3.63) is 29.0 Å². The summed E-state index contributed by atoms with van der Waals surface area (Å²) in [6, 6.07) is 5.14. The number of nitrogens with one attached hydrogen (secondary N) is 2. The van der Waals surface area contributed by atoms with E-state index in [9.17, 15) is 4.39 Å². The minimum Gasteiger partial charge on any atom is -0.321 e. The highest BCUT2D eigenvalue weighted by Gasteiger charge is 2.13. The first kappa shape index (κ1) is 10.7. The summed E-state index contributed by atoms with van der Waals surface area (Å²) in [5.41, 5.74) is 7.07. The fourth-order valence-electron chi connectivity index (χ4n) is 1.83. The van der Waals surface area contributed by atoms with Crippen LogP contribution in [-0.2, 0) is 0 Å². The lowest BCUT2D eigenvalue weighted by Gasteiger charge is -2.14. The maximum Gasteiger partial charge on any atom is 0.141 e. The molecule has 1 aliphatic rings. The molecule has 1 aliphatic carbocycles. The molecule has 2 nitrogen and oxygen atoms in total. The van der Waals surface area contributed by atoms with Gasteiger partial charge in [-0.3, -0.25) is 0 Å². The van der Waals surface area contributed by atoms with E-state index in [1.54, 1.807) is 12.1 Å². The zero-order chi connectivity index (χ0) is 10.7. The lowest BCUT2D eigenvalue weighted by atomic mass is 10.3. The number of hydrogen-bond donors (Lipinski definition) is 2. The van der Waals surface area contributed by atoms with Crippen molar-refractivity contribution in [3.8, 4) is 0 Å². The van der Waals surface area contributed by atoms with Crippen LogP contribution in [0.1, 0.15) is 25.7 Å². The van der Waals surface area contributed by atoms with Crippen LogP contribution in [0.5, 0.6) is 0 Å². The highest BCUT2D eigenvalue weighted by molar-refractivity contribution is 6.31. The molecule has 2 N–H and O–H groups in total. The monoisotopic (exact) mass is 228 g/mol. The van der Waals surface area contributed by atoms with Gasteiger partial charge in [0.2, 0.25) is 0 Å². The number of anilines is 1. The Morgan fingerprint density at radius 2 is 2.00 bits per heavy atom. The van der Waals surface area contributed by atoms with E-state index in [1.165, 1.54) is 31.7 Å². The standard InChI is InChI=1S/C11H14ClFN2/c12-10-7-9(5-6-11(10)13)15-14-8-3-1-2-4-8/h5-8,14-15H,1-4H2. The Hall–Kier alpha value is -0.800. The molecule has 0 saturated heterocycles. The number of halogens is 2. The van der Waals surface area contributed by atoms with Gasteiger partial charge in [-0.05, 0) is 31.0 Å². The van der Waals surface area contributed by atoms with Gasteiger partial charge in [0.25, 0.3) is 0 Å². The molecule has 0 heterocycles. The Labute approximate surface area is 93.8 Å². The lowest BCUT2D eigenvalue weighted by Crippen LogP contribution is -2.31. The second-order valence-electron chi connectivity index (χ2n) is 3.88. The predicted molar refractivity (Wildman–Crippen MR) is 60.4 cm³/mol. The van der Waals surface area contributed by atoms with Gasteiger partial charge in [0, 0.05) is 6.04 Å². The second-order valence-corrected chi connectivity index (χ2v) is 4.29. The van der Waals surface area contributed by atoms with Crippen molar-refractivity contribution in [2.45, 2.75) is 31.7 Å². The van der Waals surface area contributed by atoms with Crippen LogP contribution in [-0.4, -0.2) is 6.04 Å². The maximum absolute atomic E-state index is 12.9. The fourth-order valence-corrected chi connectivity index (χ4v) is 2.01. The van der Waals surface area contributed by atoms with Crippen molar-refractivity contribution in [2.24, 2.45) is 0 Å². The van der Waals surface area contributed by atoms with E-state index >= 15 is 0 Å². The molecule has 1 aromatic carbocycles. The van der Waals surface area contributed by atoms with E-state index in [4.69, 9.17) is 11.6 Å². The summed E-state index contributed by atoms with van der Waals surface area (Å²) in [6.07, 6.45) is 4.96. The summed E-state index contributed by atoms with van der Waals surface area (Å²) in [7, 11) is 0. The van der Waals surface area contributed by atoms with Gasteiger partial charge in [-0.1, -0.05) is 24.4 Å². The zero-order valence-corrected chi connectivity index (χ0v) is 9.15. The molecule has 0 unspecified atom stereocenters. The predicted octanol–water partition coefficient (Wildman–Crippen LogP) is 3.34. The third-order valence-corrected chi connectivity index (χ3v) is 2.99. The van der Waals surface area contributed by atoms with Crippen molar-refractivity contribution in [1.29, 1.82) is 0 Å². The zero-order valence-electron chi connectivity index (χ0n) is 8.39. The van der Waals surface area contributed by atoms with Crippen molar-refractivity contribution in [2.75, 3.05) is 5.43 Å². The van der Waals surface area contributed by atoms with Gasteiger partial charge < -0.3 is 5.43 Å². The second kappa shape index (κ2) is 4.81. The molecule has 0 amide bonds. The van der Waals surface area contributed by atoms with Crippen LogP contribution < -0.4 is 10.9 Å². The summed E-state index contributed by atoms with van der Waals surface area (Å²) < 4.78 is 12.9. The molecule has 1 saturated carbocycles. The summed E-state index contributed by atoms with van der Waals surface area (Å²) in [5.74, 6) is -0.386. The van der Waals surface area contributed by atoms with Gasteiger partial charge in [-0.15, -0.1) is 0 Å². The van der Waals surface area contributed by atoms with Gasteiger partial charge in [0.15, 0.2) is 0 Å². The van der Waals surface area contributed by atoms with Gasteiger partial charge in [0.05, 0.1) is 10.7 Å². The van der Waals surface area contributed by atoms with E-state index < -0.39 is 0 Å². The Morgan fingerprint density at radius 3 is 2.67 bits per heavy atom. The molecule has 0 aromatic heterocycles. The van der Waals surface area contributed by atoms with E-state index in [-0.39, 0.29) is 10.8 Å². The molecule has 4 heteroatoms. The van der Waals surface area contributed by atoms with Crippen molar-refractivity contribution in [1.82, 2.24) is 5.43 Å². The van der Waals surface area contributed by atoms with Gasteiger partial charge >= 0.3 is 0 Å². The molecule has 0 bridgehead atoms. The van der Waals surface area contributed by atoms with E-state index in [2.05, 4.69) is 10.9 Å². The number of rotatable bonds is 3. The topological polar surface area (TPSA) is 24.1 Å². The fraction of sp³-hybridized carbons (Fsp3) is 0.455. The number of hydrogen-bond acceptors (Lipinski definition) is 2. The van der Waals surface area contributed by atoms with Gasteiger partial charge in [0.1, 0.15) is 5.82 Å². The molecule has 1 fully saturated rings. The van der Waals surface area contributed by atoms with Crippen molar-refractivity contribution < 1.29 is 4.39 Å². The van der Waals surface area contributed by atoms with E-state index in [0.717, 1.165) is 5.69 Å². The van der Waals surface area contributed by atoms with Crippen LogP contribution in [0.3, 0.4) is 0 Å². The van der Waals surface area contributed by atoms with Gasteiger partial charge in [-0.2, -0.15) is 0 Å². The molecule has 0 aliphatic heterocycles. The van der Waals surface area contributed by atoms with E-state index in [0.29, 0.717) is 6.04 Å². The summed E-state index contributed by atoms with van der Waals surface area (Å²) in [6.45, 7) is 0. The molecular formula is C11H14ClFN2. The summed E-state index contributed by atoms with van der Waals surface area (Å²) in [5, 5.41) is 0.147. The quantitative estimate of drug-likeness (QED) is 0.776. The first-order valence-electron chi connectivity index (χ1n) is 5.22. The Kier molecular flexibility index (Phi) is 3.44. The minimum absolute atomic E-state index is 0.147. The maximum atomic E-state index is 12.9. The Morgan fingerprint density at radius 1 is 1.27 bits per heavy atom. The normalized spacial score (nSPS) is 16.9. The number of hydrazine groups is 1. The highest BCUT2D eigenvalue weighted by atomic mass is 35.5. The molecule has 15 heavy (non-hydrogen) atoms. The first-order valence-corrected chi connectivity index (χ1v) is 5.60. The molecular weight excluding hydrogens is 215 g/mol. The van der Waals surface area contributed by atoms with Crippen LogP contribution in [0.25, 0.3) is 0 Å². The highest BCUT2D eigenvalue weighted by Crippen LogP contribution is 2.20. The molecule has 0 spiro atoms. The van der Waals surface area contributed by atoms with Crippen LogP contribution in [0, 0.1) is 5.82 Å². The first-order chi connectivity index (χ1) is 7.25. The van der Waals surface area contributed by atoms with Crippen molar-refractivity contribution >= 4 is 17.3 Å². The minimum atomic E-state index is -0.386. The molecule has 0 radical (unpaired) electrons. The van der Waals surface area contributed by atoms with Gasteiger partial charge in [-0.25, -0.2) is 9.82 Å². The van der Waals surface area contributed by atoms with Crippen LogP contribution in [0.15, 0.2) is 18.2 Å². The molecule has 2 rings (SSSR count). The van der Waals surface area contributed by atoms with Crippen LogP contribution in [0.2, 0.25) is 5.02 Å². The molecule has 1 aromatic rings. The Bertz CT molecular complexity index is 337. The molecule has 0 atom stereocenters. The van der Waals surface area contributed by atoms with E-state index in [1.807, 2.05) is 0 Å². The summed E-state index contributed by atoms with van der Waals surface area (Å²) in [4.78, 5) is 0. The van der Waals surface area contributed by atoms with Crippen molar-refractivity contribution in [3.63, 3.8) is 0 Å². The average Bonchev–Trinajstić information content (AvgIpc) is 2.73. The summed E-state index contributed by atoms with van der Waals surface area (Å²) >= 11 is 5.67. The largest absolute Gasteiger partial charge is 0.321 e. The Balaban J connectivity index is 1.90. The van der Waals surface area contributed by atoms with Crippen LogP contribution in [0.4, 0.5) is 10.1 Å². The number of benzene rings is 1. The third kappa shape index (κ3) is 2.83. The lowest BCUT2D eigenvalue weighted by molar-refractivity contribution is 0.576. The SMILES string of the molecule is Fc1ccc(NNC2CCCC2)cc1Cl. The average molecular weight is 229 g/mol. The third-order valence-electron chi connectivity index (χ3n) is 2.70.